The minimum absolute atomic E-state index is 0. The molecule has 0 aromatic carbocycles. The number of aliphatic imine (C=N–C) groups is 1. The molecule has 1 saturated carbocycles. The number of likely N-dealkylation sites (tertiary alicyclic amines) is 1. The van der Waals surface area contributed by atoms with E-state index >= 15 is 0 Å². The largest absolute Gasteiger partial charge is 0.393 e. The summed E-state index contributed by atoms with van der Waals surface area (Å²) in [7, 11) is 0. The highest BCUT2D eigenvalue weighted by molar-refractivity contribution is 14.0. The van der Waals surface area contributed by atoms with Crippen LogP contribution in [0, 0.1) is 11.8 Å². The van der Waals surface area contributed by atoms with Gasteiger partial charge in [-0.05, 0) is 38.5 Å². The van der Waals surface area contributed by atoms with Crippen molar-refractivity contribution >= 4 is 29.9 Å². The van der Waals surface area contributed by atoms with Crippen LogP contribution in [0.1, 0.15) is 52.9 Å². The molecular weight excluding hydrogens is 415 g/mol. The lowest BCUT2D eigenvalue weighted by molar-refractivity contribution is 0.136. The van der Waals surface area contributed by atoms with Crippen LogP contribution in [0.4, 0.5) is 0 Å². The van der Waals surface area contributed by atoms with Crippen molar-refractivity contribution in [2.75, 3.05) is 32.7 Å². The molecular formula is C18H37IN4O. The van der Waals surface area contributed by atoms with Gasteiger partial charge in [-0.2, -0.15) is 0 Å². The van der Waals surface area contributed by atoms with Crippen LogP contribution in [-0.2, 0) is 0 Å². The van der Waals surface area contributed by atoms with E-state index in [4.69, 9.17) is 4.99 Å². The fourth-order valence-corrected chi connectivity index (χ4v) is 3.73. The van der Waals surface area contributed by atoms with Crippen molar-refractivity contribution in [1.82, 2.24) is 15.5 Å². The van der Waals surface area contributed by atoms with E-state index in [1.165, 1.54) is 32.5 Å². The monoisotopic (exact) mass is 452 g/mol. The number of halogens is 1. The number of nitrogens with zero attached hydrogens (tertiary/aromatic N) is 2. The Morgan fingerprint density at radius 3 is 2.46 bits per heavy atom. The van der Waals surface area contributed by atoms with Gasteiger partial charge in [0.25, 0.3) is 0 Å². The summed E-state index contributed by atoms with van der Waals surface area (Å²) in [5, 5.41) is 16.9. The van der Waals surface area contributed by atoms with Crippen LogP contribution < -0.4 is 10.6 Å². The van der Waals surface area contributed by atoms with Crippen molar-refractivity contribution < 1.29 is 5.11 Å². The summed E-state index contributed by atoms with van der Waals surface area (Å²) in [4.78, 5) is 7.30. The molecule has 0 spiro atoms. The highest BCUT2D eigenvalue weighted by Gasteiger charge is 2.25. The van der Waals surface area contributed by atoms with Gasteiger partial charge in [0.1, 0.15) is 0 Å². The van der Waals surface area contributed by atoms with Crippen LogP contribution in [0.25, 0.3) is 0 Å². The summed E-state index contributed by atoms with van der Waals surface area (Å²) in [6, 6.07) is 0.518. The van der Waals surface area contributed by atoms with Gasteiger partial charge in [0.2, 0.25) is 0 Å². The van der Waals surface area contributed by atoms with Crippen molar-refractivity contribution in [3.05, 3.63) is 0 Å². The number of rotatable bonds is 6. The molecule has 1 saturated heterocycles. The van der Waals surface area contributed by atoms with E-state index in [0.29, 0.717) is 12.0 Å². The molecule has 2 rings (SSSR count). The zero-order chi connectivity index (χ0) is 16.7. The Balaban J connectivity index is 0.00000288. The van der Waals surface area contributed by atoms with Crippen molar-refractivity contribution in [2.45, 2.75) is 65.0 Å². The van der Waals surface area contributed by atoms with E-state index < -0.39 is 0 Å². The second kappa shape index (κ2) is 11.5. The zero-order valence-electron chi connectivity index (χ0n) is 15.6. The molecule has 5 nitrogen and oxygen atoms in total. The van der Waals surface area contributed by atoms with Crippen LogP contribution in [0.3, 0.4) is 0 Å². The van der Waals surface area contributed by atoms with E-state index in [1.807, 2.05) is 0 Å². The molecule has 2 fully saturated rings. The molecule has 0 bridgehead atoms. The van der Waals surface area contributed by atoms with Crippen LogP contribution in [0.15, 0.2) is 4.99 Å². The number of hydrogen-bond donors (Lipinski definition) is 3. The third kappa shape index (κ3) is 7.44. The first kappa shape index (κ1) is 22.0. The molecule has 3 N–H and O–H groups in total. The minimum atomic E-state index is -0.152. The SMILES string of the molecule is CCNC(=NCC1CCCC1O)NC1CCN(CC(C)C)CC1.I. The van der Waals surface area contributed by atoms with E-state index in [-0.39, 0.29) is 30.1 Å². The van der Waals surface area contributed by atoms with E-state index in [0.717, 1.165) is 44.2 Å². The number of guanidine groups is 1. The maximum absolute atomic E-state index is 9.94. The second-order valence-corrected chi connectivity index (χ2v) is 7.59. The molecule has 1 aliphatic carbocycles. The number of hydrogen-bond acceptors (Lipinski definition) is 3. The van der Waals surface area contributed by atoms with Crippen molar-refractivity contribution in [3.8, 4) is 0 Å². The third-order valence-corrected chi connectivity index (χ3v) is 5.00. The predicted octanol–water partition coefficient (Wildman–Crippen LogP) is 2.44. The Bertz CT molecular complexity index is 370. The summed E-state index contributed by atoms with van der Waals surface area (Å²) in [5.74, 6) is 2.02. The minimum Gasteiger partial charge on any atom is -0.393 e. The summed E-state index contributed by atoms with van der Waals surface area (Å²) in [6.45, 7) is 11.9. The molecule has 24 heavy (non-hydrogen) atoms. The van der Waals surface area contributed by atoms with Gasteiger partial charge in [0, 0.05) is 44.7 Å². The Hall–Kier alpha value is -0.0800. The fraction of sp³-hybridized carbons (Fsp3) is 0.944. The van der Waals surface area contributed by atoms with Gasteiger partial charge in [-0.15, -0.1) is 24.0 Å². The lowest BCUT2D eigenvalue weighted by atomic mass is 10.0. The van der Waals surface area contributed by atoms with E-state index in [9.17, 15) is 5.11 Å². The molecule has 2 atom stereocenters. The molecule has 0 aromatic heterocycles. The number of aliphatic hydroxyl groups is 1. The van der Waals surface area contributed by atoms with Gasteiger partial charge < -0.3 is 20.6 Å². The van der Waals surface area contributed by atoms with Crippen LogP contribution >= 0.6 is 24.0 Å². The molecule has 2 aliphatic rings. The van der Waals surface area contributed by atoms with Crippen molar-refractivity contribution in [3.63, 3.8) is 0 Å². The normalized spacial score (nSPS) is 26.5. The summed E-state index contributed by atoms with van der Waals surface area (Å²) in [5.41, 5.74) is 0. The van der Waals surface area contributed by atoms with Gasteiger partial charge in [0.05, 0.1) is 6.10 Å². The zero-order valence-corrected chi connectivity index (χ0v) is 18.0. The summed E-state index contributed by atoms with van der Waals surface area (Å²) in [6.07, 6.45) is 5.41. The van der Waals surface area contributed by atoms with E-state index in [1.54, 1.807) is 0 Å². The van der Waals surface area contributed by atoms with Crippen LogP contribution in [0.5, 0.6) is 0 Å². The van der Waals surface area contributed by atoms with Gasteiger partial charge >= 0.3 is 0 Å². The van der Waals surface area contributed by atoms with Gasteiger partial charge in [-0.25, -0.2) is 0 Å². The molecule has 2 unspecified atom stereocenters. The summed E-state index contributed by atoms with van der Waals surface area (Å²) < 4.78 is 0. The number of nitrogens with one attached hydrogen (secondary N) is 2. The standard InChI is InChI=1S/C18H36N4O.HI/c1-4-19-18(20-12-15-6-5-7-17(15)23)21-16-8-10-22(11-9-16)13-14(2)3;/h14-17,23H,4-13H2,1-3H3,(H2,19,20,21);1H. The molecule has 0 aromatic rings. The lowest BCUT2D eigenvalue weighted by Gasteiger charge is -2.34. The average Bonchev–Trinajstić information content (AvgIpc) is 2.92. The average molecular weight is 452 g/mol. The van der Waals surface area contributed by atoms with Crippen molar-refractivity contribution in [2.24, 2.45) is 16.8 Å². The predicted molar refractivity (Wildman–Crippen MR) is 112 cm³/mol. The Morgan fingerprint density at radius 2 is 1.92 bits per heavy atom. The Labute approximate surface area is 165 Å². The Morgan fingerprint density at radius 1 is 1.21 bits per heavy atom. The first-order valence-corrected chi connectivity index (χ1v) is 9.53. The molecule has 1 heterocycles. The van der Waals surface area contributed by atoms with Crippen molar-refractivity contribution in [1.29, 1.82) is 0 Å². The quantitative estimate of drug-likeness (QED) is 0.329. The highest BCUT2D eigenvalue weighted by Crippen LogP contribution is 2.25. The first-order chi connectivity index (χ1) is 11.1. The van der Waals surface area contributed by atoms with E-state index in [2.05, 4.69) is 36.3 Å². The maximum atomic E-state index is 9.94. The molecule has 6 heteroatoms. The highest BCUT2D eigenvalue weighted by atomic mass is 127. The lowest BCUT2D eigenvalue weighted by Crippen LogP contribution is -2.49. The maximum Gasteiger partial charge on any atom is 0.191 e. The van der Waals surface area contributed by atoms with Crippen LogP contribution in [-0.4, -0.2) is 60.8 Å². The van der Waals surface area contributed by atoms with Gasteiger partial charge in [0.15, 0.2) is 5.96 Å². The smallest absolute Gasteiger partial charge is 0.191 e. The Kier molecular flexibility index (Phi) is 10.5. The van der Waals surface area contributed by atoms with Gasteiger partial charge in [-0.3, -0.25) is 4.99 Å². The summed E-state index contributed by atoms with van der Waals surface area (Å²) >= 11 is 0. The number of aliphatic hydroxyl groups excluding tert-OH is 1. The first-order valence-electron chi connectivity index (χ1n) is 9.53. The second-order valence-electron chi connectivity index (χ2n) is 7.59. The van der Waals surface area contributed by atoms with Gasteiger partial charge in [-0.1, -0.05) is 20.3 Å². The third-order valence-electron chi connectivity index (χ3n) is 5.00. The molecule has 142 valence electrons. The molecule has 0 amide bonds. The molecule has 0 radical (unpaired) electrons. The number of piperidine rings is 1. The topological polar surface area (TPSA) is 59.9 Å². The fourth-order valence-electron chi connectivity index (χ4n) is 3.73. The van der Waals surface area contributed by atoms with Crippen LogP contribution in [0.2, 0.25) is 0 Å². The molecule has 1 aliphatic heterocycles.